The number of aromatic nitrogens is 1. The summed E-state index contributed by atoms with van der Waals surface area (Å²) in [5.74, 6) is 0.132. The number of aryl methyl sites for hydroxylation is 2. The highest BCUT2D eigenvalue weighted by atomic mass is 16.5. The molecule has 0 aliphatic rings. The Bertz CT molecular complexity index is 1010. The maximum Gasteiger partial charge on any atom is 0.328 e. The van der Waals surface area contributed by atoms with Crippen LogP contribution in [0.15, 0.2) is 60.7 Å². The summed E-state index contributed by atoms with van der Waals surface area (Å²) >= 11 is 0. The predicted octanol–water partition coefficient (Wildman–Crippen LogP) is 4.63. The molecule has 0 aliphatic carbocycles. The molecule has 0 saturated carbocycles. The molecule has 5 nitrogen and oxygen atoms in total. The highest BCUT2D eigenvalue weighted by Gasteiger charge is 2.12. The average molecular weight is 377 g/mol. The first-order valence-electron chi connectivity index (χ1n) is 8.87. The topological polar surface area (TPSA) is 60.7 Å². The Balaban J connectivity index is 2.05. The molecule has 1 N–H and O–H groups in total. The Labute approximate surface area is 164 Å². The van der Waals surface area contributed by atoms with Crippen LogP contribution in [0.1, 0.15) is 22.5 Å². The van der Waals surface area contributed by atoms with Crippen LogP contribution >= 0.6 is 0 Å². The number of carboxylic acids is 1. The molecule has 1 aromatic heterocycles. The van der Waals surface area contributed by atoms with E-state index in [4.69, 9.17) is 9.47 Å². The van der Waals surface area contributed by atoms with E-state index < -0.39 is 5.97 Å². The maximum atomic E-state index is 11.4. The van der Waals surface area contributed by atoms with Gasteiger partial charge in [0, 0.05) is 23.2 Å². The number of nitrogens with zero attached hydrogens (tertiary/aromatic N) is 1. The van der Waals surface area contributed by atoms with Crippen molar-refractivity contribution >= 4 is 11.5 Å². The van der Waals surface area contributed by atoms with Gasteiger partial charge in [0.05, 0.1) is 14.2 Å². The molecule has 5 heteroatoms. The lowest BCUT2D eigenvalue weighted by atomic mass is 9.96. The first kappa shape index (κ1) is 19.3. The maximum absolute atomic E-state index is 11.4. The van der Waals surface area contributed by atoms with Crippen molar-refractivity contribution in [3.8, 4) is 17.2 Å². The van der Waals surface area contributed by atoms with Gasteiger partial charge in [-0.25, -0.2) is 4.79 Å². The van der Waals surface area contributed by atoms with E-state index in [-0.39, 0.29) is 0 Å². The van der Waals surface area contributed by atoms with Crippen LogP contribution in [0.5, 0.6) is 11.5 Å². The lowest BCUT2D eigenvalue weighted by molar-refractivity contribution is -0.131. The SMILES string of the molecule is COc1ccc(C(=CC(=O)O)c2ccc(-n3c(C)ccc3C)cc2)cc1OC. The number of methoxy groups -OCH3 is 2. The van der Waals surface area contributed by atoms with E-state index in [0.29, 0.717) is 17.1 Å². The summed E-state index contributed by atoms with van der Waals surface area (Å²) in [6, 6.07) is 17.4. The zero-order valence-electron chi connectivity index (χ0n) is 16.4. The Morgan fingerprint density at radius 3 is 1.96 bits per heavy atom. The van der Waals surface area contributed by atoms with Crippen LogP contribution in [0.25, 0.3) is 11.3 Å². The second-order valence-electron chi connectivity index (χ2n) is 6.46. The van der Waals surface area contributed by atoms with Crippen molar-refractivity contribution in [3.05, 3.63) is 83.2 Å². The summed E-state index contributed by atoms with van der Waals surface area (Å²) in [6.45, 7) is 4.11. The average Bonchev–Trinajstić information content (AvgIpc) is 3.04. The molecule has 144 valence electrons. The van der Waals surface area contributed by atoms with Crippen molar-refractivity contribution in [1.82, 2.24) is 4.57 Å². The number of carboxylic acid groups (broad SMARTS) is 1. The van der Waals surface area contributed by atoms with E-state index >= 15 is 0 Å². The molecule has 3 aromatic rings. The third-order valence-electron chi connectivity index (χ3n) is 4.67. The molecule has 0 spiro atoms. The van der Waals surface area contributed by atoms with Gasteiger partial charge in [0.25, 0.3) is 0 Å². The number of aliphatic carboxylic acids is 1. The number of rotatable bonds is 6. The van der Waals surface area contributed by atoms with Crippen molar-refractivity contribution < 1.29 is 19.4 Å². The fraction of sp³-hybridized carbons (Fsp3) is 0.174. The fourth-order valence-corrected chi connectivity index (χ4v) is 3.33. The highest BCUT2D eigenvalue weighted by molar-refractivity contribution is 5.95. The van der Waals surface area contributed by atoms with E-state index in [0.717, 1.165) is 28.2 Å². The van der Waals surface area contributed by atoms with Crippen molar-refractivity contribution in [2.75, 3.05) is 14.2 Å². The van der Waals surface area contributed by atoms with Gasteiger partial charge in [-0.05, 0) is 66.9 Å². The zero-order valence-corrected chi connectivity index (χ0v) is 16.4. The lowest BCUT2D eigenvalue weighted by Gasteiger charge is -2.14. The van der Waals surface area contributed by atoms with Gasteiger partial charge in [-0.15, -0.1) is 0 Å². The number of hydrogen-bond donors (Lipinski definition) is 1. The summed E-state index contributed by atoms with van der Waals surface area (Å²) < 4.78 is 12.8. The standard InChI is InChI=1S/C23H23NO4/c1-15-5-6-16(2)24(15)19-10-7-17(8-11-19)20(14-23(25)26)18-9-12-21(27-3)22(13-18)28-4/h5-14H,1-4H3,(H,25,26). The molecule has 28 heavy (non-hydrogen) atoms. The van der Waals surface area contributed by atoms with Crippen LogP contribution in [-0.2, 0) is 4.79 Å². The summed E-state index contributed by atoms with van der Waals surface area (Å²) in [7, 11) is 3.12. The molecule has 3 rings (SSSR count). The van der Waals surface area contributed by atoms with Gasteiger partial charge >= 0.3 is 5.97 Å². The van der Waals surface area contributed by atoms with Gasteiger partial charge < -0.3 is 19.1 Å². The van der Waals surface area contributed by atoms with Gasteiger partial charge in [0.15, 0.2) is 11.5 Å². The third-order valence-corrected chi connectivity index (χ3v) is 4.67. The number of ether oxygens (including phenoxy) is 2. The summed E-state index contributed by atoms with van der Waals surface area (Å²) in [5.41, 5.74) is 5.46. The molecule has 2 aromatic carbocycles. The number of hydrogen-bond acceptors (Lipinski definition) is 3. The summed E-state index contributed by atoms with van der Waals surface area (Å²) in [6.07, 6.45) is 1.21. The van der Waals surface area contributed by atoms with Crippen molar-refractivity contribution in [3.63, 3.8) is 0 Å². The van der Waals surface area contributed by atoms with Gasteiger partial charge in [-0.1, -0.05) is 18.2 Å². The van der Waals surface area contributed by atoms with Crippen LogP contribution in [0.3, 0.4) is 0 Å². The van der Waals surface area contributed by atoms with Gasteiger partial charge in [0.2, 0.25) is 0 Å². The smallest absolute Gasteiger partial charge is 0.328 e. The van der Waals surface area contributed by atoms with Crippen LogP contribution < -0.4 is 9.47 Å². The first-order valence-corrected chi connectivity index (χ1v) is 8.87. The first-order chi connectivity index (χ1) is 13.4. The molecule has 0 aliphatic heterocycles. The second kappa shape index (κ2) is 8.05. The van der Waals surface area contributed by atoms with Crippen molar-refractivity contribution in [2.45, 2.75) is 13.8 Å². The Morgan fingerprint density at radius 1 is 0.857 bits per heavy atom. The van der Waals surface area contributed by atoms with E-state index in [9.17, 15) is 9.90 Å². The van der Waals surface area contributed by atoms with E-state index in [1.54, 1.807) is 26.4 Å². The molecule has 0 bridgehead atoms. The molecular weight excluding hydrogens is 354 g/mol. The summed E-state index contributed by atoms with van der Waals surface area (Å²) in [4.78, 5) is 11.4. The second-order valence-corrected chi connectivity index (χ2v) is 6.46. The highest BCUT2D eigenvalue weighted by Crippen LogP contribution is 2.33. The Kier molecular flexibility index (Phi) is 5.54. The minimum absolute atomic E-state index is 0.548. The molecule has 0 amide bonds. The molecule has 0 unspecified atom stereocenters. The van der Waals surface area contributed by atoms with Crippen LogP contribution in [0.4, 0.5) is 0 Å². The predicted molar refractivity (Wildman–Crippen MR) is 110 cm³/mol. The minimum Gasteiger partial charge on any atom is -0.493 e. The number of benzene rings is 2. The summed E-state index contributed by atoms with van der Waals surface area (Å²) in [5, 5.41) is 9.37. The minimum atomic E-state index is -1.01. The molecule has 0 fully saturated rings. The molecule has 0 atom stereocenters. The van der Waals surface area contributed by atoms with E-state index in [1.807, 2.05) is 30.3 Å². The molecular formula is C23H23NO4. The van der Waals surface area contributed by atoms with E-state index in [1.165, 1.54) is 6.08 Å². The quantitative estimate of drug-likeness (QED) is 0.637. The monoisotopic (exact) mass is 377 g/mol. The fourth-order valence-electron chi connectivity index (χ4n) is 3.33. The van der Waals surface area contributed by atoms with Gasteiger partial charge in [0.1, 0.15) is 0 Å². The number of carbonyl (C=O) groups is 1. The largest absolute Gasteiger partial charge is 0.493 e. The van der Waals surface area contributed by atoms with Gasteiger partial charge in [-0.3, -0.25) is 0 Å². The lowest BCUT2D eigenvalue weighted by Crippen LogP contribution is -2.00. The van der Waals surface area contributed by atoms with Crippen molar-refractivity contribution in [2.24, 2.45) is 0 Å². The van der Waals surface area contributed by atoms with Crippen LogP contribution in [-0.4, -0.2) is 29.9 Å². The Hall–Kier alpha value is -3.47. The zero-order chi connectivity index (χ0) is 20.3. The molecule has 0 saturated heterocycles. The van der Waals surface area contributed by atoms with Gasteiger partial charge in [-0.2, -0.15) is 0 Å². The van der Waals surface area contributed by atoms with Crippen LogP contribution in [0.2, 0.25) is 0 Å². The normalized spacial score (nSPS) is 11.4. The Morgan fingerprint density at radius 2 is 1.43 bits per heavy atom. The van der Waals surface area contributed by atoms with Crippen molar-refractivity contribution in [1.29, 1.82) is 0 Å². The molecule has 1 heterocycles. The van der Waals surface area contributed by atoms with E-state index in [2.05, 4.69) is 30.5 Å². The van der Waals surface area contributed by atoms with Crippen LogP contribution in [0, 0.1) is 13.8 Å². The molecule has 0 radical (unpaired) electrons. The third kappa shape index (κ3) is 3.78.